The molecule has 0 aromatic heterocycles. The number of esters is 1. The Labute approximate surface area is 201 Å². The lowest BCUT2D eigenvalue weighted by atomic mass is 9.44. The first-order valence-corrected chi connectivity index (χ1v) is 14.3. The summed E-state index contributed by atoms with van der Waals surface area (Å²) in [7, 11) is 0. The van der Waals surface area contributed by atoms with Gasteiger partial charge in [-0.25, -0.2) is 0 Å². The maximum absolute atomic E-state index is 11.6. The zero-order valence-electron chi connectivity index (χ0n) is 21.7. The lowest BCUT2D eigenvalue weighted by Crippen LogP contribution is -2.57. The SMILES string of the molecule is CC(=O)O[C@@H]1CC[C@@]2(C)[C@@H](CC[C@@H]3[C@H]2CC[C@]2(C)[C@@H]4[C@H](C[C@@H]32)O[C@]2(CC[C@@H](C)CN2)[C@H]4C)C1. The van der Waals surface area contributed by atoms with E-state index in [1.165, 1.54) is 51.4 Å². The van der Waals surface area contributed by atoms with Gasteiger partial charge in [-0.15, -0.1) is 0 Å². The Morgan fingerprint density at radius 1 is 0.939 bits per heavy atom. The molecule has 0 bridgehead atoms. The van der Waals surface area contributed by atoms with Crippen LogP contribution in [0.25, 0.3) is 0 Å². The predicted octanol–water partition coefficient (Wildman–Crippen LogP) is 5.94. The Morgan fingerprint density at radius 3 is 2.45 bits per heavy atom. The van der Waals surface area contributed by atoms with Crippen molar-refractivity contribution in [3.05, 3.63) is 0 Å². The largest absolute Gasteiger partial charge is 0.463 e. The molecule has 6 fully saturated rings. The summed E-state index contributed by atoms with van der Waals surface area (Å²) in [5.74, 6) is 5.29. The molecule has 0 unspecified atom stereocenters. The monoisotopic (exact) mass is 457 g/mol. The molecule has 2 saturated heterocycles. The van der Waals surface area contributed by atoms with Crippen LogP contribution in [0.1, 0.15) is 98.8 Å². The quantitative estimate of drug-likeness (QED) is 0.495. The highest BCUT2D eigenvalue weighted by Crippen LogP contribution is 2.71. The van der Waals surface area contributed by atoms with Crippen molar-refractivity contribution in [1.29, 1.82) is 0 Å². The minimum Gasteiger partial charge on any atom is -0.463 e. The summed E-state index contributed by atoms with van der Waals surface area (Å²) >= 11 is 0. The lowest BCUT2D eigenvalue weighted by molar-refractivity contribution is -0.162. The Kier molecular flexibility index (Phi) is 5.32. The van der Waals surface area contributed by atoms with Crippen LogP contribution >= 0.6 is 0 Å². The average Bonchev–Trinajstić information content (AvgIpc) is 3.21. The van der Waals surface area contributed by atoms with Crippen molar-refractivity contribution in [2.45, 2.75) is 117 Å². The van der Waals surface area contributed by atoms with Gasteiger partial charge in [-0.3, -0.25) is 10.1 Å². The van der Waals surface area contributed by atoms with Crippen molar-refractivity contribution < 1.29 is 14.3 Å². The van der Waals surface area contributed by atoms with Crippen LogP contribution in [0.15, 0.2) is 0 Å². The first kappa shape index (κ1) is 22.8. The fourth-order valence-corrected chi connectivity index (χ4v) is 10.8. The normalized spacial score (nSPS) is 57.7. The first-order chi connectivity index (χ1) is 15.7. The van der Waals surface area contributed by atoms with Crippen LogP contribution < -0.4 is 5.32 Å². The third kappa shape index (κ3) is 3.25. The van der Waals surface area contributed by atoms with Crippen molar-refractivity contribution in [3.8, 4) is 0 Å². The molecule has 4 heteroatoms. The molecular weight excluding hydrogens is 410 g/mol. The molecule has 1 N–H and O–H groups in total. The third-order valence-corrected chi connectivity index (χ3v) is 12.4. The third-order valence-electron chi connectivity index (χ3n) is 12.4. The van der Waals surface area contributed by atoms with E-state index in [0.29, 0.717) is 22.9 Å². The molecule has 33 heavy (non-hydrogen) atoms. The van der Waals surface area contributed by atoms with Crippen molar-refractivity contribution in [2.24, 2.45) is 52.3 Å². The van der Waals surface area contributed by atoms with Gasteiger partial charge in [0.25, 0.3) is 0 Å². The standard InChI is InChI=1S/C29H47NO3/c1-17-8-13-29(30-16-17)18(2)26-25(33-29)15-24-22-7-6-20-14-21(32-19(3)31)9-11-27(20,4)23(22)10-12-28(24,26)5/h17-18,20-26,30H,6-16H2,1-5H3/t17-,18+,20+,21-,22-,23-,24+,25+,26+,27+,28+,29-/m1/s1. The van der Waals surface area contributed by atoms with Crippen molar-refractivity contribution in [2.75, 3.05) is 6.54 Å². The molecule has 0 aromatic rings. The second-order valence-electron chi connectivity index (χ2n) is 13.8. The Hall–Kier alpha value is -0.610. The number of rotatable bonds is 1. The number of nitrogens with one attached hydrogen (secondary N) is 1. The van der Waals surface area contributed by atoms with Crippen LogP contribution in [0.4, 0.5) is 0 Å². The summed E-state index contributed by atoms with van der Waals surface area (Å²) in [5.41, 5.74) is 0.830. The van der Waals surface area contributed by atoms with Gasteiger partial charge in [0.05, 0.1) is 6.10 Å². The molecule has 4 nitrogen and oxygen atoms in total. The molecule has 2 heterocycles. The van der Waals surface area contributed by atoms with E-state index in [9.17, 15) is 4.79 Å². The first-order valence-electron chi connectivity index (χ1n) is 14.3. The van der Waals surface area contributed by atoms with Crippen LogP contribution in [-0.2, 0) is 14.3 Å². The molecular formula is C29H47NO3. The van der Waals surface area contributed by atoms with Gasteiger partial charge in [-0.05, 0) is 111 Å². The molecule has 0 radical (unpaired) electrons. The van der Waals surface area contributed by atoms with Gasteiger partial charge in [-0.1, -0.05) is 27.7 Å². The highest BCUT2D eigenvalue weighted by molar-refractivity contribution is 5.66. The second kappa shape index (κ2) is 7.69. The number of piperidine rings is 1. The number of hydrogen-bond donors (Lipinski definition) is 1. The summed E-state index contributed by atoms with van der Waals surface area (Å²) in [6.07, 6.45) is 13.3. The van der Waals surface area contributed by atoms with Crippen LogP contribution in [-0.4, -0.2) is 30.4 Å². The van der Waals surface area contributed by atoms with Crippen LogP contribution in [0.3, 0.4) is 0 Å². The Bertz CT molecular complexity index is 790. The summed E-state index contributed by atoms with van der Waals surface area (Å²) < 4.78 is 12.7. The van der Waals surface area contributed by atoms with Crippen LogP contribution in [0.5, 0.6) is 0 Å². The van der Waals surface area contributed by atoms with Crippen molar-refractivity contribution >= 4 is 5.97 Å². The molecule has 186 valence electrons. The Balaban J connectivity index is 1.21. The van der Waals surface area contributed by atoms with Gasteiger partial charge < -0.3 is 9.47 Å². The van der Waals surface area contributed by atoms with Gasteiger partial charge in [0.15, 0.2) is 0 Å². The van der Waals surface area contributed by atoms with Crippen LogP contribution in [0.2, 0.25) is 0 Å². The van der Waals surface area contributed by atoms with Gasteiger partial charge >= 0.3 is 5.97 Å². The zero-order chi connectivity index (χ0) is 23.2. The number of carbonyl (C=O) groups is 1. The van der Waals surface area contributed by atoms with Gasteiger partial charge in [0.2, 0.25) is 0 Å². The highest BCUT2D eigenvalue weighted by atomic mass is 16.5. The summed E-state index contributed by atoms with van der Waals surface area (Å²) in [6, 6.07) is 0. The molecule has 4 saturated carbocycles. The molecule has 0 aromatic carbocycles. The lowest BCUT2D eigenvalue weighted by Gasteiger charge is -2.61. The summed E-state index contributed by atoms with van der Waals surface area (Å²) in [5, 5.41) is 3.89. The molecule has 0 amide bonds. The van der Waals surface area contributed by atoms with Gasteiger partial charge in [0.1, 0.15) is 11.8 Å². The number of carbonyl (C=O) groups excluding carboxylic acids is 1. The summed E-state index contributed by atoms with van der Waals surface area (Å²) in [6.45, 7) is 12.8. The smallest absolute Gasteiger partial charge is 0.302 e. The maximum atomic E-state index is 11.6. The second-order valence-corrected chi connectivity index (χ2v) is 13.8. The Morgan fingerprint density at radius 2 is 1.73 bits per heavy atom. The molecule has 6 rings (SSSR count). The fraction of sp³-hybridized carbons (Fsp3) is 0.966. The molecule has 6 aliphatic rings. The topological polar surface area (TPSA) is 47.6 Å². The number of fused-ring (bicyclic) bond motifs is 7. The van der Waals surface area contributed by atoms with E-state index in [1.807, 2.05) is 0 Å². The van der Waals surface area contributed by atoms with Gasteiger partial charge in [0, 0.05) is 19.4 Å². The zero-order valence-corrected chi connectivity index (χ0v) is 21.7. The molecule has 12 atom stereocenters. The van der Waals surface area contributed by atoms with E-state index in [1.54, 1.807) is 6.92 Å². The van der Waals surface area contributed by atoms with E-state index >= 15 is 0 Å². The van der Waals surface area contributed by atoms with E-state index in [4.69, 9.17) is 9.47 Å². The van der Waals surface area contributed by atoms with E-state index in [0.717, 1.165) is 54.9 Å². The molecule has 1 spiro atoms. The number of hydrogen-bond acceptors (Lipinski definition) is 4. The van der Waals surface area contributed by atoms with E-state index in [-0.39, 0.29) is 17.8 Å². The molecule has 4 aliphatic carbocycles. The van der Waals surface area contributed by atoms with E-state index in [2.05, 4.69) is 33.0 Å². The summed E-state index contributed by atoms with van der Waals surface area (Å²) in [4.78, 5) is 11.6. The van der Waals surface area contributed by atoms with Gasteiger partial charge in [-0.2, -0.15) is 0 Å². The predicted molar refractivity (Wildman–Crippen MR) is 129 cm³/mol. The maximum Gasteiger partial charge on any atom is 0.302 e. The van der Waals surface area contributed by atoms with E-state index < -0.39 is 0 Å². The average molecular weight is 458 g/mol. The minimum atomic E-state index is -0.1000. The van der Waals surface area contributed by atoms with Crippen molar-refractivity contribution in [1.82, 2.24) is 5.32 Å². The molecule has 2 aliphatic heterocycles. The minimum absolute atomic E-state index is 0.0502. The van der Waals surface area contributed by atoms with Crippen LogP contribution in [0, 0.1) is 52.3 Å². The van der Waals surface area contributed by atoms with Crippen molar-refractivity contribution in [3.63, 3.8) is 0 Å². The number of ether oxygens (including phenoxy) is 2. The highest BCUT2D eigenvalue weighted by Gasteiger charge is 2.68. The fourth-order valence-electron chi connectivity index (χ4n) is 10.8.